The molecule has 1 amide bonds. The first-order valence-corrected chi connectivity index (χ1v) is 6.03. The molecule has 0 saturated carbocycles. The fourth-order valence-electron chi connectivity index (χ4n) is 1.46. The van der Waals surface area contributed by atoms with E-state index in [1.165, 1.54) is 0 Å². The Kier molecular flexibility index (Phi) is 4.73. The predicted octanol–water partition coefficient (Wildman–Crippen LogP) is 1.82. The van der Waals surface area contributed by atoms with Gasteiger partial charge >= 0.3 is 0 Å². The Morgan fingerprint density at radius 2 is 1.94 bits per heavy atom. The molecule has 0 atom stereocenters. The standard InChI is InChI=1S/C14H22N2O2/c1-14(2,10-17)9-15-12-8-6-5-7-11(12)13(18)16(3)4/h5-8,15,17H,9-10H2,1-4H3. The quantitative estimate of drug-likeness (QED) is 0.838. The smallest absolute Gasteiger partial charge is 0.255 e. The van der Waals surface area contributed by atoms with Crippen molar-refractivity contribution in [3.8, 4) is 0 Å². The summed E-state index contributed by atoms with van der Waals surface area (Å²) in [5.74, 6) is -0.0279. The van der Waals surface area contributed by atoms with Crippen LogP contribution in [0.1, 0.15) is 24.2 Å². The zero-order valence-corrected chi connectivity index (χ0v) is 11.5. The summed E-state index contributed by atoms with van der Waals surface area (Å²) in [4.78, 5) is 13.5. The molecule has 0 radical (unpaired) electrons. The highest BCUT2D eigenvalue weighted by Crippen LogP contribution is 2.20. The maximum atomic E-state index is 12.0. The Balaban J connectivity index is 2.86. The zero-order chi connectivity index (χ0) is 13.8. The van der Waals surface area contributed by atoms with Gasteiger partial charge in [-0.15, -0.1) is 0 Å². The third kappa shape index (κ3) is 3.74. The summed E-state index contributed by atoms with van der Waals surface area (Å²) in [6.07, 6.45) is 0. The minimum absolute atomic E-state index is 0.0279. The number of carbonyl (C=O) groups is 1. The van der Waals surface area contributed by atoms with Gasteiger partial charge in [0.1, 0.15) is 0 Å². The van der Waals surface area contributed by atoms with E-state index in [1.54, 1.807) is 25.1 Å². The molecule has 18 heavy (non-hydrogen) atoms. The van der Waals surface area contributed by atoms with Crippen LogP contribution < -0.4 is 5.32 Å². The lowest BCUT2D eigenvalue weighted by atomic mass is 9.94. The third-order valence-electron chi connectivity index (χ3n) is 2.75. The number of aliphatic hydroxyl groups excluding tert-OH is 1. The van der Waals surface area contributed by atoms with Crippen molar-refractivity contribution in [2.24, 2.45) is 5.41 Å². The topological polar surface area (TPSA) is 52.6 Å². The summed E-state index contributed by atoms with van der Waals surface area (Å²) < 4.78 is 0. The maximum absolute atomic E-state index is 12.0. The Hall–Kier alpha value is -1.55. The van der Waals surface area contributed by atoms with Crippen molar-refractivity contribution in [1.29, 1.82) is 0 Å². The van der Waals surface area contributed by atoms with Crippen LogP contribution in [0.5, 0.6) is 0 Å². The van der Waals surface area contributed by atoms with Crippen LogP contribution in [-0.4, -0.2) is 43.2 Å². The molecule has 1 rings (SSSR count). The molecule has 100 valence electrons. The first-order chi connectivity index (χ1) is 8.37. The molecule has 1 aromatic carbocycles. The first-order valence-electron chi connectivity index (χ1n) is 6.03. The minimum Gasteiger partial charge on any atom is -0.396 e. The summed E-state index contributed by atoms with van der Waals surface area (Å²) in [7, 11) is 3.47. The molecule has 0 bridgehead atoms. The molecule has 0 aliphatic carbocycles. The van der Waals surface area contributed by atoms with E-state index in [-0.39, 0.29) is 17.9 Å². The zero-order valence-electron chi connectivity index (χ0n) is 11.5. The monoisotopic (exact) mass is 250 g/mol. The molecule has 2 N–H and O–H groups in total. The van der Waals surface area contributed by atoms with E-state index in [0.717, 1.165) is 5.69 Å². The second kappa shape index (κ2) is 5.87. The number of hydrogen-bond acceptors (Lipinski definition) is 3. The van der Waals surface area contributed by atoms with E-state index in [9.17, 15) is 9.90 Å². The Morgan fingerprint density at radius 3 is 2.50 bits per heavy atom. The highest BCUT2D eigenvalue weighted by Gasteiger charge is 2.18. The predicted molar refractivity (Wildman–Crippen MR) is 73.8 cm³/mol. The molecular weight excluding hydrogens is 228 g/mol. The van der Waals surface area contributed by atoms with Crippen molar-refractivity contribution in [2.45, 2.75) is 13.8 Å². The molecule has 0 fully saturated rings. The number of carbonyl (C=O) groups excluding carboxylic acids is 1. The average Bonchev–Trinajstić information content (AvgIpc) is 2.36. The number of benzene rings is 1. The van der Waals surface area contributed by atoms with Crippen molar-refractivity contribution >= 4 is 11.6 Å². The van der Waals surface area contributed by atoms with Gasteiger partial charge in [0.25, 0.3) is 5.91 Å². The Bertz CT molecular complexity index is 414. The second-order valence-corrected chi connectivity index (χ2v) is 5.42. The number of amides is 1. The number of aliphatic hydroxyl groups is 1. The van der Waals surface area contributed by atoms with Crippen LogP contribution in [0.15, 0.2) is 24.3 Å². The second-order valence-electron chi connectivity index (χ2n) is 5.42. The van der Waals surface area contributed by atoms with E-state index in [2.05, 4.69) is 5.32 Å². The van der Waals surface area contributed by atoms with Crippen LogP contribution in [0.3, 0.4) is 0 Å². The fourth-order valence-corrected chi connectivity index (χ4v) is 1.46. The van der Waals surface area contributed by atoms with Crippen LogP contribution in [0.2, 0.25) is 0 Å². The molecule has 0 saturated heterocycles. The van der Waals surface area contributed by atoms with Crippen molar-refractivity contribution in [2.75, 3.05) is 32.6 Å². The molecule has 0 aliphatic heterocycles. The summed E-state index contributed by atoms with van der Waals surface area (Å²) in [6.45, 7) is 4.65. The van der Waals surface area contributed by atoms with Crippen LogP contribution in [0.4, 0.5) is 5.69 Å². The Morgan fingerprint density at radius 1 is 1.33 bits per heavy atom. The van der Waals surface area contributed by atoms with Crippen LogP contribution in [0, 0.1) is 5.41 Å². The molecule has 4 nitrogen and oxygen atoms in total. The molecule has 0 heterocycles. The molecule has 0 aromatic heterocycles. The first kappa shape index (κ1) is 14.5. The number of hydrogen-bond donors (Lipinski definition) is 2. The van der Waals surface area contributed by atoms with Gasteiger partial charge in [-0.25, -0.2) is 0 Å². The van der Waals surface area contributed by atoms with Gasteiger partial charge in [-0.1, -0.05) is 26.0 Å². The molecule has 1 aromatic rings. The van der Waals surface area contributed by atoms with Crippen molar-refractivity contribution < 1.29 is 9.90 Å². The van der Waals surface area contributed by atoms with Crippen LogP contribution in [-0.2, 0) is 0 Å². The van der Waals surface area contributed by atoms with Crippen molar-refractivity contribution in [3.05, 3.63) is 29.8 Å². The summed E-state index contributed by atoms with van der Waals surface area (Å²) >= 11 is 0. The summed E-state index contributed by atoms with van der Waals surface area (Å²) in [5.41, 5.74) is 1.24. The lowest BCUT2D eigenvalue weighted by molar-refractivity contribution is 0.0828. The number of anilines is 1. The van der Waals surface area contributed by atoms with Gasteiger partial charge in [0.15, 0.2) is 0 Å². The Labute approximate surface area is 109 Å². The third-order valence-corrected chi connectivity index (χ3v) is 2.75. The number of rotatable bonds is 5. The maximum Gasteiger partial charge on any atom is 0.255 e. The average molecular weight is 250 g/mol. The fraction of sp³-hybridized carbons (Fsp3) is 0.500. The molecule has 4 heteroatoms. The van der Waals surface area contributed by atoms with Gasteiger partial charge in [0.05, 0.1) is 5.56 Å². The van der Waals surface area contributed by atoms with E-state index in [0.29, 0.717) is 12.1 Å². The van der Waals surface area contributed by atoms with Gasteiger partial charge in [-0.2, -0.15) is 0 Å². The molecule has 0 aliphatic rings. The van der Waals surface area contributed by atoms with E-state index < -0.39 is 0 Å². The minimum atomic E-state index is -0.214. The van der Waals surface area contributed by atoms with Crippen molar-refractivity contribution in [3.63, 3.8) is 0 Å². The SMILES string of the molecule is CN(C)C(=O)c1ccccc1NCC(C)(C)CO. The van der Waals surface area contributed by atoms with Gasteiger partial charge in [-0.3, -0.25) is 4.79 Å². The normalized spacial score (nSPS) is 11.2. The molecule has 0 unspecified atom stereocenters. The van der Waals surface area contributed by atoms with Crippen LogP contribution in [0.25, 0.3) is 0 Å². The van der Waals surface area contributed by atoms with E-state index >= 15 is 0 Å². The van der Waals surface area contributed by atoms with Gasteiger partial charge < -0.3 is 15.3 Å². The molecular formula is C14H22N2O2. The number of nitrogens with one attached hydrogen (secondary N) is 1. The lowest BCUT2D eigenvalue weighted by Crippen LogP contribution is -2.28. The number of para-hydroxylation sites is 1. The lowest BCUT2D eigenvalue weighted by Gasteiger charge is -2.24. The van der Waals surface area contributed by atoms with E-state index in [4.69, 9.17) is 0 Å². The summed E-state index contributed by atoms with van der Waals surface area (Å²) in [5, 5.41) is 12.5. The largest absolute Gasteiger partial charge is 0.396 e. The van der Waals surface area contributed by atoms with E-state index in [1.807, 2.05) is 32.0 Å². The summed E-state index contributed by atoms with van der Waals surface area (Å²) in [6, 6.07) is 7.42. The van der Waals surface area contributed by atoms with Gasteiger partial charge in [0, 0.05) is 38.3 Å². The van der Waals surface area contributed by atoms with Gasteiger partial charge in [-0.05, 0) is 12.1 Å². The number of nitrogens with zero attached hydrogens (tertiary/aromatic N) is 1. The highest BCUT2D eigenvalue weighted by molar-refractivity contribution is 5.99. The van der Waals surface area contributed by atoms with Crippen molar-refractivity contribution in [1.82, 2.24) is 4.90 Å². The van der Waals surface area contributed by atoms with Gasteiger partial charge in [0.2, 0.25) is 0 Å². The molecule has 0 spiro atoms. The van der Waals surface area contributed by atoms with Crippen LogP contribution >= 0.6 is 0 Å². The highest BCUT2D eigenvalue weighted by atomic mass is 16.3.